The van der Waals surface area contributed by atoms with E-state index in [-0.39, 0.29) is 30.1 Å². The molecule has 1 aliphatic heterocycles. The molecule has 6 heteroatoms. The van der Waals surface area contributed by atoms with Crippen molar-refractivity contribution in [3.05, 3.63) is 29.6 Å². The first-order chi connectivity index (χ1) is 11.0. The lowest BCUT2D eigenvalue weighted by molar-refractivity contribution is -0.123. The molecule has 2 rings (SSSR count). The number of carbonyl (C=O) groups is 1. The van der Waals surface area contributed by atoms with E-state index in [0.717, 1.165) is 31.5 Å². The predicted octanol–water partition coefficient (Wildman–Crippen LogP) is 3.46. The van der Waals surface area contributed by atoms with Gasteiger partial charge in [-0.2, -0.15) is 0 Å². The summed E-state index contributed by atoms with van der Waals surface area (Å²) in [6.45, 7) is 6.10. The standard InChI is InChI=1S/C18H27FN2O2.ClH/c1-12(14-6-8-20-9-7-14)10-18(22)21-13(2)15-4-5-17(23-3)16(19)11-15;/h4-5,11-14,20H,6-10H2,1-3H3,(H,21,22);1H. The highest BCUT2D eigenvalue weighted by molar-refractivity contribution is 5.85. The molecule has 1 saturated heterocycles. The van der Waals surface area contributed by atoms with Crippen LogP contribution in [-0.4, -0.2) is 26.1 Å². The Balaban J connectivity index is 0.00000288. The second-order valence-electron chi connectivity index (χ2n) is 6.45. The highest BCUT2D eigenvalue weighted by atomic mass is 35.5. The molecule has 1 aliphatic rings. The van der Waals surface area contributed by atoms with E-state index in [2.05, 4.69) is 17.6 Å². The Morgan fingerprint density at radius 3 is 2.62 bits per heavy atom. The number of piperidine rings is 1. The SMILES string of the molecule is COc1ccc(C(C)NC(=O)CC(C)C2CCNCC2)cc1F.Cl. The number of hydrogen-bond acceptors (Lipinski definition) is 3. The summed E-state index contributed by atoms with van der Waals surface area (Å²) in [5.74, 6) is 0.813. The second-order valence-corrected chi connectivity index (χ2v) is 6.45. The van der Waals surface area contributed by atoms with Gasteiger partial charge in [-0.05, 0) is 62.4 Å². The van der Waals surface area contributed by atoms with Crippen LogP contribution in [0.5, 0.6) is 5.75 Å². The fourth-order valence-electron chi connectivity index (χ4n) is 3.21. The normalized spacial score (nSPS) is 17.5. The zero-order chi connectivity index (χ0) is 16.8. The lowest BCUT2D eigenvalue weighted by atomic mass is 9.84. The van der Waals surface area contributed by atoms with Gasteiger partial charge in [-0.15, -0.1) is 12.4 Å². The van der Waals surface area contributed by atoms with Crippen molar-refractivity contribution in [2.24, 2.45) is 11.8 Å². The van der Waals surface area contributed by atoms with Crippen LogP contribution in [0.25, 0.3) is 0 Å². The summed E-state index contributed by atoms with van der Waals surface area (Å²) in [5.41, 5.74) is 0.742. The van der Waals surface area contributed by atoms with Crippen LogP contribution < -0.4 is 15.4 Å². The zero-order valence-corrected chi connectivity index (χ0v) is 15.4. The number of methoxy groups -OCH3 is 1. The van der Waals surface area contributed by atoms with Crippen LogP contribution in [0, 0.1) is 17.7 Å². The molecule has 0 saturated carbocycles. The number of halogens is 2. The number of amides is 1. The molecule has 0 aromatic heterocycles. The molecule has 0 radical (unpaired) electrons. The second kappa shape index (κ2) is 9.84. The van der Waals surface area contributed by atoms with Gasteiger partial charge in [-0.25, -0.2) is 4.39 Å². The Bertz CT molecular complexity index is 536. The maximum atomic E-state index is 13.8. The number of carbonyl (C=O) groups excluding carboxylic acids is 1. The van der Waals surface area contributed by atoms with E-state index < -0.39 is 5.82 Å². The molecule has 24 heavy (non-hydrogen) atoms. The van der Waals surface area contributed by atoms with Crippen molar-refractivity contribution in [1.82, 2.24) is 10.6 Å². The number of nitrogens with one attached hydrogen (secondary N) is 2. The van der Waals surface area contributed by atoms with E-state index in [1.165, 1.54) is 13.2 Å². The molecule has 136 valence electrons. The summed E-state index contributed by atoms with van der Waals surface area (Å²) in [6.07, 6.45) is 2.79. The highest BCUT2D eigenvalue weighted by Gasteiger charge is 2.22. The minimum atomic E-state index is -0.408. The van der Waals surface area contributed by atoms with Crippen LogP contribution >= 0.6 is 12.4 Å². The molecule has 0 spiro atoms. The van der Waals surface area contributed by atoms with Gasteiger partial charge in [0.1, 0.15) is 0 Å². The molecule has 2 unspecified atom stereocenters. The first kappa shape index (κ1) is 20.7. The number of benzene rings is 1. The van der Waals surface area contributed by atoms with Gasteiger partial charge in [-0.3, -0.25) is 4.79 Å². The van der Waals surface area contributed by atoms with E-state index in [0.29, 0.717) is 18.3 Å². The van der Waals surface area contributed by atoms with Crippen molar-refractivity contribution in [2.75, 3.05) is 20.2 Å². The Morgan fingerprint density at radius 1 is 1.38 bits per heavy atom. The summed E-state index contributed by atoms with van der Waals surface area (Å²) < 4.78 is 18.7. The van der Waals surface area contributed by atoms with Crippen LogP contribution in [0.15, 0.2) is 18.2 Å². The third kappa shape index (κ3) is 5.64. The molecule has 2 N–H and O–H groups in total. The van der Waals surface area contributed by atoms with Gasteiger partial charge in [0.2, 0.25) is 5.91 Å². The van der Waals surface area contributed by atoms with Crippen molar-refractivity contribution < 1.29 is 13.9 Å². The van der Waals surface area contributed by atoms with Gasteiger partial charge >= 0.3 is 0 Å². The Morgan fingerprint density at radius 2 is 2.04 bits per heavy atom. The van der Waals surface area contributed by atoms with Gasteiger partial charge in [0.25, 0.3) is 0 Å². The van der Waals surface area contributed by atoms with Crippen LogP contribution in [0.1, 0.15) is 44.7 Å². The minimum Gasteiger partial charge on any atom is -0.494 e. The van der Waals surface area contributed by atoms with E-state index in [4.69, 9.17) is 4.74 Å². The zero-order valence-electron chi connectivity index (χ0n) is 14.6. The summed E-state index contributed by atoms with van der Waals surface area (Å²) in [4.78, 5) is 12.2. The van der Waals surface area contributed by atoms with Crippen molar-refractivity contribution in [1.29, 1.82) is 0 Å². The van der Waals surface area contributed by atoms with Gasteiger partial charge < -0.3 is 15.4 Å². The third-order valence-electron chi connectivity index (χ3n) is 4.75. The van der Waals surface area contributed by atoms with Gasteiger partial charge in [0, 0.05) is 6.42 Å². The number of ether oxygens (including phenoxy) is 1. The molecule has 1 aromatic carbocycles. The molecule has 1 fully saturated rings. The molecule has 2 atom stereocenters. The Hall–Kier alpha value is -1.33. The smallest absolute Gasteiger partial charge is 0.220 e. The molecule has 1 amide bonds. The topological polar surface area (TPSA) is 50.4 Å². The van der Waals surface area contributed by atoms with E-state index >= 15 is 0 Å². The van der Waals surface area contributed by atoms with E-state index in [1.807, 2.05) is 6.92 Å². The van der Waals surface area contributed by atoms with Crippen LogP contribution in [0.2, 0.25) is 0 Å². The van der Waals surface area contributed by atoms with E-state index in [1.54, 1.807) is 12.1 Å². The summed E-state index contributed by atoms with van der Waals surface area (Å²) in [5, 5.41) is 6.31. The average molecular weight is 359 g/mol. The summed E-state index contributed by atoms with van der Waals surface area (Å²) in [6, 6.07) is 4.57. The molecule has 1 heterocycles. The van der Waals surface area contributed by atoms with Crippen molar-refractivity contribution in [2.45, 2.75) is 39.2 Å². The first-order valence-corrected chi connectivity index (χ1v) is 8.34. The third-order valence-corrected chi connectivity index (χ3v) is 4.75. The van der Waals surface area contributed by atoms with Gasteiger partial charge in [0.05, 0.1) is 13.2 Å². The molecule has 0 bridgehead atoms. The number of hydrogen-bond donors (Lipinski definition) is 2. The first-order valence-electron chi connectivity index (χ1n) is 8.34. The average Bonchev–Trinajstić information content (AvgIpc) is 2.55. The lowest BCUT2D eigenvalue weighted by Crippen LogP contribution is -2.34. The summed E-state index contributed by atoms with van der Waals surface area (Å²) >= 11 is 0. The Labute approximate surface area is 149 Å². The predicted molar refractivity (Wildman–Crippen MR) is 96.1 cm³/mol. The van der Waals surface area contributed by atoms with Crippen LogP contribution in [-0.2, 0) is 4.79 Å². The van der Waals surface area contributed by atoms with Crippen LogP contribution in [0.3, 0.4) is 0 Å². The maximum Gasteiger partial charge on any atom is 0.220 e. The number of rotatable bonds is 6. The fourth-order valence-corrected chi connectivity index (χ4v) is 3.21. The minimum absolute atomic E-state index is 0. The largest absolute Gasteiger partial charge is 0.494 e. The van der Waals surface area contributed by atoms with E-state index in [9.17, 15) is 9.18 Å². The van der Waals surface area contributed by atoms with Gasteiger partial charge in [0.15, 0.2) is 11.6 Å². The fraction of sp³-hybridized carbons (Fsp3) is 0.611. The lowest BCUT2D eigenvalue weighted by Gasteiger charge is -2.28. The van der Waals surface area contributed by atoms with Crippen molar-refractivity contribution in [3.63, 3.8) is 0 Å². The monoisotopic (exact) mass is 358 g/mol. The van der Waals surface area contributed by atoms with Crippen molar-refractivity contribution >= 4 is 18.3 Å². The molecule has 1 aromatic rings. The molecule has 4 nitrogen and oxygen atoms in total. The van der Waals surface area contributed by atoms with Crippen molar-refractivity contribution in [3.8, 4) is 5.75 Å². The molecular weight excluding hydrogens is 331 g/mol. The highest BCUT2D eigenvalue weighted by Crippen LogP contribution is 2.25. The quantitative estimate of drug-likeness (QED) is 0.818. The molecule has 0 aliphatic carbocycles. The molecular formula is C18H28ClFN2O2. The van der Waals surface area contributed by atoms with Crippen LogP contribution in [0.4, 0.5) is 4.39 Å². The Kier molecular flexibility index (Phi) is 8.50. The summed E-state index contributed by atoms with van der Waals surface area (Å²) in [7, 11) is 1.44. The maximum absolute atomic E-state index is 13.8. The van der Waals surface area contributed by atoms with Gasteiger partial charge in [-0.1, -0.05) is 13.0 Å².